The lowest BCUT2D eigenvalue weighted by Crippen LogP contribution is -2.29. The van der Waals surface area contributed by atoms with Gasteiger partial charge in [-0.3, -0.25) is 4.79 Å². The third-order valence-electron chi connectivity index (χ3n) is 5.83. The fraction of sp³-hybridized carbons (Fsp3) is 0.120. The lowest BCUT2D eigenvalue weighted by molar-refractivity contribution is 0.202. The number of imidazole rings is 1. The number of nitrogens with zero attached hydrogens (tertiary/aromatic N) is 3. The van der Waals surface area contributed by atoms with E-state index in [9.17, 15) is 19.1 Å². The Balaban J connectivity index is 1.57. The van der Waals surface area contributed by atoms with E-state index in [-0.39, 0.29) is 35.6 Å². The van der Waals surface area contributed by atoms with Gasteiger partial charge >= 0.3 is 6.09 Å². The second-order valence-corrected chi connectivity index (χ2v) is 7.97. The first-order valence-corrected chi connectivity index (χ1v) is 10.8. The molecular formula is C25H19F2N5O3. The number of hydrogen-bond acceptors (Lipinski definition) is 4. The van der Waals surface area contributed by atoms with Gasteiger partial charge in [-0.15, -0.1) is 0 Å². The molecule has 0 aliphatic rings. The molecule has 0 spiro atoms. The van der Waals surface area contributed by atoms with Gasteiger partial charge in [-0.2, -0.15) is 5.10 Å². The average Bonchev–Trinajstić information content (AvgIpc) is 3.24. The molecular weight excluding hydrogens is 456 g/mol. The quantitative estimate of drug-likeness (QED) is 0.337. The summed E-state index contributed by atoms with van der Waals surface area (Å²) >= 11 is 0. The molecule has 2 heterocycles. The average molecular weight is 475 g/mol. The normalized spacial score (nSPS) is 11.3. The smallest absolute Gasteiger partial charge is 0.414 e. The summed E-state index contributed by atoms with van der Waals surface area (Å²) in [5, 5.41) is 17.1. The maximum Gasteiger partial charge on any atom is 0.414 e. The van der Waals surface area contributed by atoms with Gasteiger partial charge in [0.25, 0.3) is 5.56 Å². The molecule has 5 rings (SSSR count). The van der Waals surface area contributed by atoms with Crippen LogP contribution in [-0.2, 0) is 6.42 Å². The number of fused-ring (bicyclic) bond motifs is 2. The van der Waals surface area contributed by atoms with Gasteiger partial charge in [0.1, 0.15) is 11.6 Å². The zero-order valence-corrected chi connectivity index (χ0v) is 18.5. The van der Waals surface area contributed by atoms with Gasteiger partial charge in [0, 0.05) is 35.5 Å². The van der Waals surface area contributed by atoms with Crippen LogP contribution < -0.4 is 10.5 Å². The summed E-state index contributed by atoms with van der Waals surface area (Å²) in [5.74, 6) is -1.26. The molecule has 3 N–H and O–H groups in total. The number of carboxylic acid groups (broad SMARTS) is 1. The van der Waals surface area contributed by atoms with Gasteiger partial charge < -0.3 is 10.1 Å². The Kier molecular flexibility index (Phi) is 5.48. The summed E-state index contributed by atoms with van der Waals surface area (Å²) < 4.78 is 29.9. The van der Waals surface area contributed by atoms with Gasteiger partial charge in [0.2, 0.25) is 5.95 Å². The summed E-state index contributed by atoms with van der Waals surface area (Å²) in [5.41, 5.74) is 1.58. The molecule has 0 unspecified atom stereocenters. The zero-order chi connectivity index (χ0) is 24.7. The highest BCUT2D eigenvalue weighted by atomic mass is 19.1. The van der Waals surface area contributed by atoms with Crippen LogP contribution in [0.5, 0.6) is 0 Å². The van der Waals surface area contributed by atoms with Crippen LogP contribution in [0.3, 0.4) is 0 Å². The van der Waals surface area contributed by atoms with Crippen LogP contribution >= 0.6 is 0 Å². The molecule has 3 aromatic carbocycles. The third kappa shape index (κ3) is 3.99. The van der Waals surface area contributed by atoms with Crippen molar-refractivity contribution in [2.24, 2.45) is 0 Å². The maximum atomic E-state index is 15.1. The lowest BCUT2D eigenvalue weighted by Gasteiger charge is -2.12. The molecule has 0 radical (unpaired) electrons. The van der Waals surface area contributed by atoms with Crippen molar-refractivity contribution >= 4 is 33.8 Å². The predicted molar refractivity (Wildman–Crippen MR) is 128 cm³/mol. The second-order valence-electron chi connectivity index (χ2n) is 7.97. The van der Waals surface area contributed by atoms with Crippen molar-refractivity contribution in [3.8, 4) is 11.1 Å². The van der Waals surface area contributed by atoms with E-state index in [4.69, 9.17) is 0 Å². The fourth-order valence-corrected chi connectivity index (χ4v) is 4.12. The van der Waals surface area contributed by atoms with E-state index < -0.39 is 17.7 Å². The minimum absolute atomic E-state index is 0.00689. The Bertz CT molecular complexity index is 1660. The Morgan fingerprint density at radius 3 is 2.51 bits per heavy atom. The lowest BCUT2D eigenvalue weighted by atomic mass is 9.98. The first-order valence-electron chi connectivity index (χ1n) is 10.8. The van der Waals surface area contributed by atoms with Crippen molar-refractivity contribution in [3.63, 3.8) is 0 Å². The molecule has 10 heteroatoms. The molecule has 0 bridgehead atoms. The molecule has 0 atom stereocenters. The Labute approximate surface area is 196 Å². The SMILES string of the molecule is CCN(C(=O)O)c1nc2cc(-c3cc(Cc4n[nH]c(=O)c5ccccc45)ccc3F)c(F)cc2[nH]1. The Morgan fingerprint density at radius 2 is 1.77 bits per heavy atom. The van der Waals surface area contributed by atoms with Crippen molar-refractivity contribution in [2.45, 2.75) is 13.3 Å². The van der Waals surface area contributed by atoms with E-state index in [1.807, 2.05) is 0 Å². The summed E-state index contributed by atoms with van der Waals surface area (Å²) in [6, 6.07) is 14.0. The topological polar surface area (TPSA) is 115 Å². The maximum absolute atomic E-state index is 15.1. The van der Waals surface area contributed by atoms with E-state index in [0.29, 0.717) is 33.1 Å². The van der Waals surface area contributed by atoms with Crippen LogP contribution in [0.2, 0.25) is 0 Å². The zero-order valence-electron chi connectivity index (χ0n) is 18.5. The van der Waals surface area contributed by atoms with Gasteiger partial charge in [0.05, 0.1) is 22.1 Å². The van der Waals surface area contributed by atoms with E-state index >= 15 is 4.39 Å². The first kappa shape index (κ1) is 22.2. The Morgan fingerprint density at radius 1 is 1.03 bits per heavy atom. The summed E-state index contributed by atoms with van der Waals surface area (Å²) in [6.45, 7) is 1.79. The van der Waals surface area contributed by atoms with E-state index in [1.165, 1.54) is 24.3 Å². The minimum atomic E-state index is -1.20. The molecule has 0 saturated carbocycles. The van der Waals surface area contributed by atoms with Gasteiger partial charge in [0.15, 0.2) is 0 Å². The number of halogens is 2. The number of anilines is 1. The van der Waals surface area contributed by atoms with Crippen LogP contribution in [0.4, 0.5) is 19.5 Å². The highest BCUT2D eigenvalue weighted by molar-refractivity contribution is 5.89. The number of amides is 1. The number of hydrogen-bond donors (Lipinski definition) is 3. The Hall–Kier alpha value is -4.60. The summed E-state index contributed by atoms with van der Waals surface area (Å²) in [4.78, 5) is 31.5. The number of rotatable bonds is 5. The predicted octanol–water partition coefficient (Wildman–Crippen LogP) is 4.84. The number of aromatic nitrogens is 4. The first-order chi connectivity index (χ1) is 16.9. The minimum Gasteiger partial charge on any atom is -0.465 e. The van der Waals surface area contributed by atoms with E-state index in [0.717, 1.165) is 4.90 Å². The summed E-state index contributed by atoms with van der Waals surface area (Å²) in [7, 11) is 0. The van der Waals surface area contributed by atoms with Gasteiger partial charge in [-0.1, -0.05) is 24.3 Å². The van der Waals surface area contributed by atoms with Crippen molar-refractivity contribution < 1.29 is 18.7 Å². The van der Waals surface area contributed by atoms with Crippen molar-refractivity contribution in [3.05, 3.63) is 87.8 Å². The van der Waals surface area contributed by atoms with E-state index in [2.05, 4.69) is 20.2 Å². The number of carbonyl (C=O) groups is 1. The van der Waals surface area contributed by atoms with Gasteiger partial charge in [-0.05, 0) is 36.8 Å². The van der Waals surface area contributed by atoms with E-state index in [1.54, 1.807) is 37.3 Å². The third-order valence-corrected chi connectivity index (χ3v) is 5.83. The van der Waals surface area contributed by atoms with Crippen molar-refractivity contribution in [1.82, 2.24) is 20.2 Å². The molecule has 0 saturated heterocycles. The molecule has 0 aliphatic heterocycles. The molecule has 5 aromatic rings. The monoisotopic (exact) mass is 475 g/mol. The van der Waals surface area contributed by atoms with Gasteiger partial charge in [-0.25, -0.2) is 28.6 Å². The van der Waals surface area contributed by atoms with Crippen LogP contribution in [0.1, 0.15) is 18.2 Å². The van der Waals surface area contributed by atoms with Crippen LogP contribution in [0.15, 0.2) is 59.4 Å². The highest BCUT2D eigenvalue weighted by Gasteiger charge is 2.19. The molecule has 8 nitrogen and oxygen atoms in total. The molecule has 2 aromatic heterocycles. The van der Waals surface area contributed by atoms with Crippen LogP contribution in [-0.4, -0.2) is 37.9 Å². The van der Waals surface area contributed by atoms with Crippen molar-refractivity contribution in [2.75, 3.05) is 11.4 Å². The number of benzene rings is 3. The number of aromatic amines is 2. The number of nitrogens with one attached hydrogen (secondary N) is 2. The second kappa shape index (κ2) is 8.64. The van der Waals surface area contributed by atoms with Crippen LogP contribution in [0.25, 0.3) is 32.9 Å². The molecule has 0 fully saturated rings. The molecule has 176 valence electrons. The fourth-order valence-electron chi connectivity index (χ4n) is 4.12. The largest absolute Gasteiger partial charge is 0.465 e. The highest BCUT2D eigenvalue weighted by Crippen LogP contribution is 2.31. The summed E-state index contributed by atoms with van der Waals surface area (Å²) in [6.07, 6.45) is -0.917. The molecule has 0 aliphatic carbocycles. The van der Waals surface area contributed by atoms with Crippen LogP contribution in [0, 0.1) is 11.6 Å². The van der Waals surface area contributed by atoms with Crippen molar-refractivity contribution in [1.29, 1.82) is 0 Å². The standard InChI is InChI=1S/C25H19F2N5O3/c1-2-32(25(34)35)24-28-21-11-17(19(27)12-22(21)29-24)16-9-13(7-8-18(16)26)10-20-14-5-3-4-6-15(14)23(33)31-30-20/h3-9,11-12H,2,10H2,1H3,(H,28,29)(H,31,33)(H,34,35). The molecule has 35 heavy (non-hydrogen) atoms. The number of H-pyrrole nitrogens is 2. The molecule has 1 amide bonds.